The summed E-state index contributed by atoms with van der Waals surface area (Å²) in [5, 5.41) is 7.60. The van der Waals surface area contributed by atoms with E-state index in [4.69, 9.17) is 34.0 Å². The number of nitrogens with zero attached hydrogens (tertiary/aromatic N) is 3. The van der Waals surface area contributed by atoms with E-state index in [-0.39, 0.29) is 22.7 Å². The zero-order chi connectivity index (χ0) is 27.6. The Morgan fingerprint density at radius 3 is 2.21 bits per heavy atom. The van der Waals surface area contributed by atoms with E-state index in [1.807, 2.05) is 36.2 Å². The fourth-order valence-electron chi connectivity index (χ4n) is 3.98. The van der Waals surface area contributed by atoms with E-state index in [2.05, 4.69) is 9.71 Å². The highest BCUT2D eigenvalue weighted by atomic mass is 35.5. The molecule has 2 atom stereocenters. The Morgan fingerprint density at radius 2 is 1.68 bits per heavy atom. The first-order valence-corrected chi connectivity index (χ1v) is 14.8. The van der Waals surface area contributed by atoms with Crippen LogP contribution in [0, 0.1) is 12.8 Å². The summed E-state index contributed by atoms with van der Waals surface area (Å²) in [6.45, 7) is 5.60. The highest BCUT2D eigenvalue weighted by Crippen LogP contribution is 2.38. The molecule has 1 aromatic heterocycles. The zero-order valence-electron chi connectivity index (χ0n) is 20.9. The molecule has 0 fully saturated rings. The Hall–Kier alpha value is -2.92. The number of hydrogen-bond acceptors (Lipinski definition) is 7. The third-order valence-corrected chi connectivity index (χ3v) is 8.87. The first-order chi connectivity index (χ1) is 17.9. The number of sulfonamides is 1. The van der Waals surface area contributed by atoms with Gasteiger partial charge in [-0.15, -0.1) is 11.3 Å². The Balaban J connectivity index is 1.81. The summed E-state index contributed by atoms with van der Waals surface area (Å²) >= 11 is 13.7. The van der Waals surface area contributed by atoms with Gasteiger partial charge in [-0.2, -0.15) is 5.10 Å². The molecule has 0 saturated heterocycles. The smallest absolute Gasteiger partial charge is 0.263 e. The molecule has 1 unspecified atom stereocenters. The molecule has 38 heavy (non-hydrogen) atoms. The predicted octanol–water partition coefficient (Wildman–Crippen LogP) is 5.56. The van der Waals surface area contributed by atoms with Crippen LogP contribution in [0.15, 0.2) is 75.7 Å². The van der Waals surface area contributed by atoms with Crippen LogP contribution >= 0.6 is 34.5 Å². The molecule has 12 heteroatoms. The van der Waals surface area contributed by atoms with Gasteiger partial charge in [-0.25, -0.2) is 8.42 Å². The van der Waals surface area contributed by atoms with Gasteiger partial charge in [0.25, 0.3) is 10.0 Å². The van der Waals surface area contributed by atoms with Crippen LogP contribution in [-0.4, -0.2) is 31.9 Å². The first-order valence-electron chi connectivity index (χ1n) is 11.8. The van der Waals surface area contributed by atoms with Crippen LogP contribution in [-0.2, 0) is 14.8 Å². The topological polar surface area (TPSA) is 117 Å². The quantitative estimate of drug-likeness (QED) is 0.263. The van der Waals surface area contributed by atoms with E-state index in [9.17, 15) is 13.2 Å². The van der Waals surface area contributed by atoms with Crippen molar-refractivity contribution in [3.63, 3.8) is 0 Å². The summed E-state index contributed by atoms with van der Waals surface area (Å²) in [7, 11) is -4.08. The fraction of sp³-hybridized carbons (Fsp3) is 0.269. The summed E-state index contributed by atoms with van der Waals surface area (Å²) in [5.41, 5.74) is 6.78. The number of carbonyl (C=O) groups excluding carboxylic acids is 1. The van der Waals surface area contributed by atoms with E-state index in [0.29, 0.717) is 22.2 Å². The lowest BCUT2D eigenvalue weighted by atomic mass is 10.0. The number of nitrogens with two attached hydrogens (primary N) is 1. The van der Waals surface area contributed by atoms with Gasteiger partial charge < -0.3 is 5.73 Å². The second-order valence-corrected chi connectivity index (χ2v) is 13.0. The minimum atomic E-state index is -4.08. The van der Waals surface area contributed by atoms with Crippen LogP contribution in [0.5, 0.6) is 0 Å². The number of hydrazone groups is 1. The van der Waals surface area contributed by atoms with Crippen LogP contribution in [0.1, 0.15) is 36.1 Å². The van der Waals surface area contributed by atoms with Crippen molar-refractivity contribution >= 4 is 67.7 Å². The summed E-state index contributed by atoms with van der Waals surface area (Å²) in [6, 6.07) is 15.8. The minimum absolute atomic E-state index is 0.00615. The van der Waals surface area contributed by atoms with E-state index < -0.39 is 22.0 Å². The Kier molecular flexibility index (Phi) is 8.46. The van der Waals surface area contributed by atoms with E-state index in [0.717, 1.165) is 15.4 Å². The van der Waals surface area contributed by atoms with Gasteiger partial charge in [0, 0.05) is 26.2 Å². The fourth-order valence-corrected chi connectivity index (χ4v) is 6.23. The van der Waals surface area contributed by atoms with Crippen LogP contribution < -0.4 is 15.5 Å². The highest BCUT2D eigenvalue weighted by Gasteiger charge is 2.35. The average molecular weight is 593 g/mol. The molecule has 0 bridgehead atoms. The van der Waals surface area contributed by atoms with Gasteiger partial charge in [-0.1, -0.05) is 37.0 Å². The molecule has 0 radical (unpaired) electrons. The van der Waals surface area contributed by atoms with Crippen molar-refractivity contribution in [2.24, 2.45) is 21.7 Å². The second-order valence-electron chi connectivity index (χ2n) is 9.16. The molecule has 0 spiro atoms. The molecule has 200 valence electrons. The first kappa shape index (κ1) is 28.1. The normalized spacial score (nSPS) is 17.0. The lowest BCUT2D eigenvalue weighted by molar-refractivity contribution is -0.120. The SMILES string of the molecule is Cc1ccc(C2CC(C(=N[C@H](C(N)=O)C(C)C)NS(=O)(=O)c3ccc(Cl)cc3)=NN2c2ccc(Cl)cc2)s1. The number of primary amides is 1. The van der Waals surface area contributed by atoms with E-state index >= 15 is 0 Å². The number of carbonyl (C=O) groups is 1. The third kappa shape index (κ3) is 6.37. The number of anilines is 1. The van der Waals surface area contributed by atoms with Crippen molar-refractivity contribution in [2.45, 2.75) is 44.2 Å². The summed E-state index contributed by atoms with van der Waals surface area (Å²) in [5.74, 6) is -0.971. The van der Waals surface area contributed by atoms with Gasteiger partial charge in [0.2, 0.25) is 5.91 Å². The molecule has 1 aliphatic heterocycles. The van der Waals surface area contributed by atoms with Gasteiger partial charge in [0.05, 0.1) is 16.6 Å². The average Bonchev–Trinajstić information content (AvgIpc) is 3.48. The van der Waals surface area contributed by atoms with Crippen molar-refractivity contribution in [2.75, 3.05) is 5.01 Å². The van der Waals surface area contributed by atoms with Crippen LogP contribution in [0.25, 0.3) is 0 Å². The second kappa shape index (κ2) is 11.4. The molecule has 1 amide bonds. The Bertz CT molecular complexity index is 1480. The van der Waals surface area contributed by atoms with Gasteiger partial charge >= 0.3 is 0 Å². The van der Waals surface area contributed by atoms with Gasteiger partial charge in [0.15, 0.2) is 5.84 Å². The van der Waals surface area contributed by atoms with Crippen molar-refractivity contribution < 1.29 is 13.2 Å². The van der Waals surface area contributed by atoms with Gasteiger partial charge in [-0.05, 0) is 73.5 Å². The molecule has 2 aromatic carbocycles. The number of aliphatic imine (C=N–C) groups is 1. The third-order valence-electron chi connectivity index (χ3n) is 5.91. The zero-order valence-corrected chi connectivity index (χ0v) is 24.1. The number of aryl methyl sites for hydroxylation is 1. The maximum Gasteiger partial charge on any atom is 0.263 e. The van der Waals surface area contributed by atoms with Crippen molar-refractivity contribution in [1.82, 2.24) is 4.72 Å². The Labute approximate surface area is 236 Å². The standard InChI is InChI=1S/C26H27Cl2N5O3S2/c1-15(2)24(25(29)34)30-26(32-38(35,36)20-11-7-18(28)8-12-20)21-14-22(23-13-4-16(3)37-23)33(31-21)19-9-5-17(27)6-10-19/h4-13,15,22,24H,14H2,1-3H3,(H2,29,34)(H,30,32)/t22?,24-/m0/s1. The van der Waals surface area contributed by atoms with Crippen LogP contribution in [0.2, 0.25) is 10.0 Å². The van der Waals surface area contributed by atoms with Gasteiger partial charge in [-0.3, -0.25) is 19.5 Å². The maximum atomic E-state index is 13.3. The summed E-state index contributed by atoms with van der Waals surface area (Å²) < 4.78 is 29.3. The number of amides is 1. The minimum Gasteiger partial charge on any atom is -0.368 e. The molecule has 1 aliphatic rings. The monoisotopic (exact) mass is 591 g/mol. The lowest BCUT2D eigenvalue weighted by Gasteiger charge is -2.22. The largest absolute Gasteiger partial charge is 0.368 e. The number of amidine groups is 1. The molecule has 4 rings (SSSR count). The maximum absolute atomic E-state index is 13.3. The molecule has 8 nitrogen and oxygen atoms in total. The highest BCUT2D eigenvalue weighted by molar-refractivity contribution is 7.90. The predicted molar refractivity (Wildman–Crippen MR) is 155 cm³/mol. The summed E-state index contributed by atoms with van der Waals surface area (Å²) in [6.07, 6.45) is 0.341. The number of halogens is 2. The molecule has 0 saturated carbocycles. The number of rotatable bonds is 8. The van der Waals surface area contributed by atoms with Crippen LogP contribution in [0.4, 0.5) is 5.69 Å². The number of benzene rings is 2. The van der Waals surface area contributed by atoms with Crippen molar-refractivity contribution in [3.8, 4) is 0 Å². The molecular weight excluding hydrogens is 565 g/mol. The molecular formula is C26H27Cl2N5O3S2. The van der Waals surface area contributed by atoms with Crippen LogP contribution in [0.3, 0.4) is 0 Å². The van der Waals surface area contributed by atoms with Crippen molar-refractivity contribution in [1.29, 1.82) is 0 Å². The molecule has 2 heterocycles. The van der Waals surface area contributed by atoms with Crippen molar-refractivity contribution in [3.05, 3.63) is 80.5 Å². The van der Waals surface area contributed by atoms with E-state index in [1.54, 1.807) is 37.3 Å². The molecule has 3 aromatic rings. The number of thiophene rings is 1. The Morgan fingerprint density at radius 1 is 1.08 bits per heavy atom. The van der Waals surface area contributed by atoms with Gasteiger partial charge in [0.1, 0.15) is 11.8 Å². The lowest BCUT2D eigenvalue weighted by Crippen LogP contribution is -2.40. The number of nitrogens with one attached hydrogen (secondary N) is 1. The molecule has 3 N–H and O–H groups in total. The summed E-state index contributed by atoms with van der Waals surface area (Å²) in [4.78, 5) is 18.9. The van der Waals surface area contributed by atoms with E-state index in [1.165, 1.54) is 24.3 Å². The number of hydrogen-bond donors (Lipinski definition) is 2. The molecule has 0 aliphatic carbocycles.